The number of aromatic nitrogens is 2. The van der Waals surface area contributed by atoms with E-state index < -0.39 is 11.5 Å². The van der Waals surface area contributed by atoms with Crippen LogP contribution in [0.3, 0.4) is 0 Å². The molecule has 0 saturated carbocycles. The molecule has 0 atom stereocenters. The van der Waals surface area contributed by atoms with E-state index >= 15 is 0 Å². The van der Waals surface area contributed by atoms with Crippen LogP contribution in [0.25, 0.3) is 11.0 Å². The molecular weight excluding hydrogens is 406 g/mol. The van der Waals surface area contributed by atoms with E-state index in [9.17, 15) is 14.4 Å². The molecule has 146 valence electrons. The minimum absolute atomic E-state index is 0.123. The Morgan fingerprint density at radius 1 is 1.25 bits per heavy atom. The van der Waals surface area contributed by atoms with E-state index in [0.717, 1.165) is 16.7 Å². The lowest BCUT2D eigenvalue weighted by Gasteiger charge is -2.06. The summed E-state index contributed by atoms with van der Waals surface area (Å²) in [6.45, 7) is 1.80. The fourth-order valence-electron chi connectivity index (χ4n) is 2.08. The second-order valence-corrected chi connectivity index (χ2v) is 7.46. The lowest BCUT2D eigenvalue weighted by Crippen LogP contribution is -2.20. The molecule has 0 radical (unpaired) electrons. The first-order valence-corrected chi connectivity index (χ1v) is 9.92. The molecule has 11 heteroatoms. The summed E-state index contributed by atoms with van der Waals surface area (Å²) in [6.07, 6.45) is 0. The van der Waals surface area contributed by atoms with Crippen LogP contribution in [0.5, 0.6) is 5.75 Å². The molecular formula is C17H15N3O6S2. The molecule has 0 spiro atoms. The Hall–Kier alpha value is -2.92. The average Bonchev–Trinajstić information content (AvgIpc) is 3.12. The summed E-state index contributed by atoms with van der Waals surface area (Å²) in [5, 5.41) is 11.3. The van der Waals surface area contributed by atoms with Gasteiger partial charge in [-0.25, -0.2) is 4.79 Å². The third kappa shape index (κ3) is 5.54. The Morgan fingerprint density at radius 2 is 2.07 bits per heavy atom. The molecule has 28 heavy (non-hydrogen) atoms. The van der Waals surface area contributed by atoms with Crippen molar-refractivity contribution in [1.82, 2.24) is 10.2 Å². The standard InChI is InChI=1S/C17H15N3O6S2/c1-2-24-15(23)9-27-17-20-19-16(28-17)18-13(21)8-25-11-5-3-10-4-6-14(22)26-12(10)7-11/h3-7H,2,8-9H2,1H3,(H,18,19,21). The number of nitrogens with zero attached hydrogens (tertiary/aromatic N) is 2. The highest BCUT2D eigenvalue weighted by Crippen LogP contribution is 2.25. The zero-order chi connectivity index (χ0) is 19.9. The maximum Gasteiger partial charge on any atom is 0.336 e. The highest BCUT2D eigenvalue weighted by Gasteiger charge is 2.11. The van der Waals surface area contributed by atoms with Gasteiger partial charge in [-0.15, -0.1) is 10.2 Å². The van der Waals surface area contributed by atoms with E-state index in [1.807, 2.05) is 0 Å². The number of carbonyl (C=O) groups is 2. The predicted octanol–water partition coefficient (Wildman–Crippen LogP) is 2.32. The van der Waals surface area contributed by atoms with Gasteiger partial charge in [-0.05, 0) is 25.1 Å². The fraction of sp³-hybridized carbons (Fsp3) is 0.235. The molecule has 0 aliphatic heterocycles. The van der Waals surface area contributed by atoms with Gasteiger partial charge in [0.05, 0.1) is 12.4 Å². The molecule has 2 heterocycles. The van der Waals surface area contributed by atoms with E-state index in [2.05, 4.69) is 15.5 Å². The van der Waals surface area contributed by atoms with Crippen LogP contribution in [0.1, 0.15) is 6.92 Å². The van der Waals surface area contributed by atoms with Crippen molar-refractivity contribution in [2.75, 3.05) is 24.3 Å². The van der Waals surface area contributed by atoms with Crippen LogP contribution < -0.4 is 15.7 Å². The molecule has 0 unspecified atom stereocenters. The van der Waals surface area contributed by atoms with E-state index in [-0.39, 0.29) is 18.3 Å². The van der Waals surface area contributed by atoms with Crippen LogP contribution in [0, 0.1) is 0 Å². The molecule has 0 aliphatic carbocycles. The zero-order valence-electron chi connectivity index (χ0n) is 14.7. The first kappa shape index (κ1) is 19.8. The molecule has 1 amide bonds. The first-order chi connectivity index (χ1) is 13.5. The van der Waals surface area contributed by atoms with Gasteiger partial charge in [-0.3, -0.25) is 14.9 Å². The summed E-state index contributed by atoms with van der Waals surface area (Å²) >= 11 is 2.32. The quantitative estimate of drug-likeness (QED) is 0.253. The second-order valence-electron chi connectivity index (χ2n) is 5.26. The Morgan fingerprint density at radius 3 is 2.89 bits per heavy atom. The van der Waals surface area contributed by atoms with Crippen molar-refractivity contribution in [3.63, 3.8) is 0 Å². The number of rotatable bonds is 8. The Bertz CT molecular complexity index is 1050. The minimum atomic E-state index is -0.463. The van der Waals surface area contributed by atoms with Crippen molar-refractivity contribution < 1.29 is 23.5 Å². The van der Waals surface area contributed by atoms with Gasteiger partial charge >= 0.3 is 11.6 Å². The molecule has 9 nitrogen and oxygen atoms in total. The van der Waals surface area contributed by atoms with Crippen LogP contribution >= 0.6 is 23.1 Å². The summed E-state index contributed by atoms with van der Waals surface area (Å²) in [4.78, 5) is 34.6. The molecule has 0 aliphatic rings. The van der Waals surface area contributed by atoms with E-state index in [1.165, 1.54) is 17.8 Å². The molecule has 0 saturated heterocycles. The van der Waals surface area contributed by atoms with E-state index in [0.29, 0.717) is 27.4 Å². The monoisotopic (exact) mass is 421 g/mol. The van der Waals surface area contributed by atoms with Crippen molar-refractivity contribution in [1.29, 1.82) is 0 Å². The van der Waals surface area contributed by atoms with Crippen molar-refractivity contribution in [3.05, 3.63) is 40.8 Å². The van der Waals surface area contributed by atoms with Crippen molar-refractivity contribution in [3.8, 4) is 5.75 Å². The number of amides is 1. The molecule has 3 rings (SSSR count). The number of carbonyl (C=O) groups excluding carboxylic acids is 2. The summed E-state index contributed by atoms with van der Waals surface area (Å²) in [5.41, 5.74) is -0.0897. The maximum absolute atomic E-state index is 12.0. The highest BCUT2D eigenvalue weighted by molar-refractivity contribution is 8.01. The van der Waals surface area contributed by atoms with Crippen molar-refractivity contribution in [2.24, 2.45) is 0 Å². The van der Waals surface area contributed by atoms with E-state index in [1.54, 1.807) is 31.2 Å². The summed E-state index contributed by atoms with van der Waals surface area (Å²) in [6, 6.07) is 7.91. The number of benzene rings is 1. The van der Waals surface area contributed by atoms with Gasteiger partial charge < -0.3 is 13.9 Å². The normalized spacial score (nSPS) is 10.6. The predicted molar refractivity (Wildman–Crippen MR) is 104 cm³/mol. The summed E-state index contributed by atoms with van der Waals surface area (Å²) < 4.78 is 15.9. The van der Waals surface area contributed by atoms with Crippen LogP contribution in [-0.2, 0) is 14.3 Å². The molecule has 2 aromatic heterocycles. The van der Waals surface area contributed by atoms with Crippen LogP contribution in [0.4, 0.5) is 5.13 Å². The van der Waals surface area contributed by atoms with Crippen molar-refractivity contribution in [2.45, 2.75) is 11.3 Å². The number of hydrogen-bond donors (Lipinski definition) is 1. The number of fused-ring (bicyclic) bond motifs is 1. The van der Waals surface area contributed by atoms with Gasteiger partial charge in [0.25, 0.3) is 5.91 Å². The second kappa shape index (κ2) is 9.33. The summed E-state index contributed by atoms with van der Waals surface area (Å²) in [5.74, 6) is -0.252. The summed E-state index contributed by atoms with van der Waals surface area (Å²) in [7, 11) is 0. The van der Waals surface area contributed by atoms with Crippen molar-refractivity contribution >= 4 is 51.1 Å². The van der Waals surface area contributed by atoms with Crippen LogP contribution in [0.15, 0.2) is 43.9 Å². The molecule has 0 bridgehead atoms. The largest absolute Gasteiger partial charge is 0.484 e. The molecule has 3 aromatic rings. The van der Waals surface area contributed by atoms with Gasteiger partial charge in [-0.1, -0.05) is 23.1 Å². The van der Waals surface area contributed by atoms with E-state index in [4.69, 9.17) is 13.9 Å². The number of nitrogens with one attached hydrogen (secondary N) is 1. The Labute approximate surface area is 167 Å². The number of ether oxygens (including phenoxy) is 2. The minimum Gasteiger partial charge on any atom is -0.484 e. The third-order valence-corrected chi connectivity index (χ3v) is 5.18. The van der Waals surface area contributed by atoms with Gasteiger partial charge in [0.15, 0.2) is 10.9 Å². The number of hydrogen-bond acceptors (Lipinski definition) is 10. The molecule has 1 N–H and O–H groups in total. The Balaban J connectivity index is 1.50. The fourth-order valence-corrected chi connectivity index (χ4v) is 3.64. The molecule has 0 fully saturated rings. The van der Waals surface area contributed by atoms with Crippen LogP contribution in [-0.4, -0.2) is 41.0 Å². The number of thioether (sulfide) groups is 1. The SMILES string of the molecule is CCOC(=O)CSc1nnc(NC(=O)COc2ccc3ccc(=O)oc3c2)s1. The third-order valence-electron chi connectivity index (χ3n) is 3.24. The van der Waals surface area contributed by atoms with Gasteiger partial charge in [0.2, 0.25) is 5.13 Å². The lowest BCUT2D eigenvalue weighted by molar-refractivity contribution is -0.139. The highest BCUT2D eigenvalue weighted by atomic mass is 32.2. The van der Waals surface area contributed by atoms with Crippen LogP contribution in [0.2, 0.25) is 0 Å². The first-order valence-electron chi connectivity index (χ1n) is 8.12. The topological polar surface area (TPSA) is 121 Å². The molecule has 1 aromatic carbocycles. The number of anilines is 1. The lowest BCUT2D eigenvalue weighted by atomic mass is 10.2. The van der Waals surface area contributed by atoms with Gasteiger partial charge in [0.1, 0.15) is 11.3 Å². The Kier molecular flexibility index (Phi) is 6.61. The van der Waals surface area contributed by atoms with Gasteiger partial charge in [0, 0.05) is 17.5 Å². The smallest absolute Gasteiger partial charge is 0.336 e. The maximum atomic E-state index is 12.0. The average molecular weight is 421 g/mol. The number of esters is 1. The van der Waals surface area contributed by atoms with Gasteiger partial charge in [-0.2, -0.15) is 0 Å². The zero-order valence-corrected chi connectivity index (χ0v) is 16.3.